The minimum atomic E-state index is -0.544. The van der Waals surface area contributed by atoms with Crippen molar-refractivity contribution in [1.29, 1.82) is 5.26 Å². The fraction of sp³-hybridized carbons (Fsp3) is 0. The second kappa shape index (κ2) is 8.49. The highest BCUT2D eigenvalue weighted by molar-refractivity contribution is 14.1. The van der Waals surface area contributed by atoms with Crippen molar-refractivity contribution in [2.75, 3.05) is 5.32 Å². The Labute approximate surface area is 173 Å². The molecule has 2 aromatic carbocycles. The number of furan rings is 1. The van der Waals surface area contributed by atoms with Gasteiger partial charge in [0.05, 0.1) is 4.92 Å². The molecule has 28 heavy (non-hydrogen) atoms. The maximum atomic E-state index is 12.3. The van der Waals surface area contributed by atoms with E-state index in [1.54, 1.807) is 36.4 Å². The first-order valence-corrected chi connectivity index (χ1v) is 9.07. The number of nitro groups is 1. The van der Waals surface area contributed by atoms with Crippen LogP contribution < -0.4 is 5.32 Å². The minimum absolute atomic E-state index is 0.0190. The molecule has 3 aromatic rings. The van der Waals surface area contributed by atoms with Crippen molar-refractivity contribution in [2.24, 2.45) is 0 Å². The molecule has 0 aliphatic heterocycles. The zero-order valence-electron chi connectivity index (χ0n) is 14.3. The predicted molar refractivity (Wildman–Crippen MR) is 112 cm³/mol. The number of nitriles is 1. The molecule has 1 aromatic heterocycles. The molecule has 0 unspecified atom stereocenters. The summed E-state index contributed by atoms with van der Waals surface area (Å²) in [6, 6.07) is 18.2. The Hall–Kier alpha value is -3.45. The van der Waals surface area contributed by atoms with Gasteiger partial charge in [-0.15, -0.1) is 0 Å². The van der Waals surface area contributed by atoms with Gasteiger partial charge in [-0.05, 0) is 71.1 Å². The molecule has 0 aliphatic carbocycles. The number of nitro benzene ring substituents is 1. The normalized spacial score (nSPS) is 10.9. The van der Waals surface area contributed by atoms with Gasteiger partial charge in [0.1, 0.15) is 23.2 Å². The fourth-order valence-corrected chi connectivity index (χ4v) is 2.72. The number of amides is 1. The van der Waals surface area contributed by atoms with Crippen LogP contribution in [0.3, 0.4) is 0 Å². The van der Waals surface area contributed by atoms with Crippen molar-refractivity contribution < 1.29 is 14.1 Å². The largest absolute Gasteiger partial charge is 0.457 e. The number of halogens is 1. The average molecular weight is 485 g/mol. The summed E-state index contributed by atoms with van der Waals surface area (Å²) in [7, 11) is 0. The summed E-state index contributed by atoms with van der Waals surface area (Å²) in [5.41, 5.74) is 1.10. The van der Waals surface area contributed by atoms with Gasteiger partial charge in [0, 0.05) is 33.0 Å². The quantitative estimate of drug-likeness (QED) is 0.180. The monoisotopic (exact) mass is 485 g/mol. The maximum absolute atomic E-state index is 12.3. The van der Waals surface area contributed by atoms with E-state index in [0.29, 0.717) is 22.8 Å². The van der Waals surface area contributed by atoms with Crippen molar-refractivity contribution >= 4 is 45.9 Å². The lowest BCUT2D eigenvalue weighted by molar-refractivity contribution is -0.384. The van der Waals surface area contributed by atoms with Gasteiger partial charge >= 0.3 is 0 Å². The van der Waals surface area contributed by atoms with E-state index in [2.05, 4.69) is 27.9 Å². The third-order valence-electron chi connectivity index (χ3n) is 3.74. The Bertz CT molecular complexity index is 1090. The molecule has 138 valence electrons. The van der Waals surface area contributed by atoms with Crippen LogP contribution in [0.5, 0.6) is 0 Å². The van der Waals surface area contributed by atoms with E-state index in [0.717, 1.165) is 3.57 Å². The number of non-ortho nitro benzene ring substituents is 1. The van der Waals surface area contributed by atoms with Gasteiger partial charge in [0.15, 0.2) is 0 Å². The summed E-state index contributed by atoms with van der Waals surface area (Å²) in [4.78, 5) is 22.5. The van der Waals surface area contributed by atoms with E-state index >= 15 is 0 Å². The summed E-state index contributed by atoms with van der Waals surface area (Å²) in [6.45, 7) is 0. The van der Waals surface area contributed by atoms with Crippen LogP contribution in [0.1, 0.15) is 5.76 Å². The molecule has 1 heterocycles. The molecule has 1 amide bonds. The predicted octanol–water partition coefficient (Wildman–Crippen LogP) is 5.01. The molecule has 1 N–H and O–H groups in total. The van der Waals surface area contributed by atoms with Crippen LogP contribution in [0, 0.1) is 25.0 Å². The molecule has 0 bridgehead atoms. The van der Waals surface area contributed by atoms with Crippen LogP contribution in [-0.2, 0) is 4.79 Å². The smallest absolute Gasteiger partial charge is 0.269 e. The number of rotatable bonds is 5. The van der Waals surface area contributed by atoms with Crippen LogP contribution in [0.4, 0.5) is 11.4 Å². The lowest BCUT2D eigenvalue weighted by Crippen LogP contribution is -2.13. The number of carbonyl (C=O) groups is 1. The molecule has 8 heteroatoms. The van der Waals surface area contributed by atoms with Crippen molar-refractivity contribution in [3.8, 4) is 17.4 Å². The standard InChI is InChI=1S/C20H12IN3O4/c21-15-3-5-16(6-4-15)23-20(25)14(12-22)11-18-9-10-19(28-18)13-1-7-17(8-2-13)24(26)27/h1-11H,(H,23,25)/b14-11-. The van der Waals surface area contributed by atoms with Crippen molar-refractivity contribution in [3.63, 3.8) is 0 Å². The number of nitrogens with one attached hydrogen (secondary N) is 1. The number of carbonyl (C=O) groups excluding carboxylic acids is 1. The van der Waals surface area contributed by atoms with Crippen molar-refractivity contribution in [2.45, 2.75) is 0 Å². The highest BCUT2D eigenvalue weighted by Gasteiger charge is 2.12. The van der Waals surface area contributed by atoms with E-state index in [9.17, 15) is 20.2 Å². The lowest BCUT2D eigenvalue weighted by Gasteiger charge is -2.03. The fourth-order valence-electron chi connectivity index (χ4n) is 2.36. The van der Waals surface area contributed by atoms with E-state index in [4.69, 9.17) is 4.42 Å². The molecule has 3 rings (SSSR count). The molecule has 0 fully saturated rings. The van der Waals surface area contributed by atoms with E-state index in [-0.39, 0.29) is 11.3 Å². The van der Waals surface area contributed by atoms with Gasteiger partial charge in [-0.1, -0.05) is 0 Å². The highest BCUT2D eigenvalue weighted by Crippen LogP contribution is 2.25. The Morgan fingerprint density at radius 3 is 2.39 bits per heavy atom. The number of hydrogen-bond donors (Lipinski definition) is 1. The summed E-state index contributed by atoms with van der Waals surface area (Å²) >= 11 is 2.16. The van der Waals surface area contributed by atoms with Crippen LogP contribution in [0.2, 0.25) is 0 Å². The van der Waals surface area contributed by atoms with Gasteiger partial charge in [-0.25, -0.2) is 0 Å². The third kappa shape index (κ3) is 4.63. The maximum Gasteiger partial charge on any atom is 0.269 e. The Morgan fingerprint density at radius 2 is 1.79 bits per heavy atom. The average Bonchev–Trinajstić information content (AvgIpc) is 3.16. The van der Waals surface area contributed by atoms with Crippen molar-refractivity contribution in [1.82, 2.24) is 0 Å². The molecule has 0 atom stereocenters. The van der Waals surface area contributed by atoms with Crippen LogP contribution in [-0.4, -0.2) is 10.8 Å². The second-order valence-electron chi connectivity index (χ2n) is 5.64. The number of anilines is 1. The number of hydrogen-bond acceptors (Lipinski definition) is 5. The first-order chi connectivity index (χ1) is 13.5. The van der Waals surface area contributed by atoms with Gasteiger partial charge in [0.25, 0.3) is 11.6 Å². The van der Waals surface area contributed by atoms with Crippen LogP contribution >= 0.6 is 22.6 Å². The molecule has 0 saturated carbocycles. The molecule has 0 radical (unpaired) electrons. The van der Waals surface area contributed by atoms with Gasteiger partial charge in [-0.3, -0.25) is 14.9 Å². The number of benzene rings is 2. The van der Waals surface area contributed by atoms with E-state index in [1.807, 2.05) is 18.2 Å². The zero-order chi connectivity index (χ0) is 20.1. The zero-order valence-corrected chi connectivity index (χ0v) is 16.4. The Balaban J connectivity index is 1.78. The second-order valence-corrected chi connectivity index (χ2v) is 6.88. The summed E-state index contributed by atoms with van der Waals surface area (Å²) in [5, 5.41) is 22.7. The topological polar surface area (TPSA) is 109 Å². The van der Waals surface area contributed by atoms with Crippen molar-refractivity contribution in [3.05, 3.63) is 85.7 Å². The van der Waals surface area contributed by atoms with Crippen LogP contribution in [0.15, 0.2) is 70.7 Å². The van der Waals surface area contributed by atoms with E-state index in [1.165, 1.54) is 18.2 Å². The van der Waals surface area contributed by atoms with Crippen LogP contribution in [0.25, 0.3) is 17.4 Å². The van der Waals surface area contributed by atoms with E-state index < -0.39 is 10.8 Å². The Morgan fingerprint density at radius 1 is 1.11 bits per heavy atom. The molecular formula is C20H12IN3O4. The number of nitrogens with zero attached hydrogens (tertiary/aromatic N) is 2. The van der Waals surface area contributed by atoms with Gasteiger partial charge in [0.2, 0.25) is 0 Å². The third-order valence-corrected chi connectivity index (χ3v) is 4.46. The molecular weight excluding hydrogens is 473 g/mol. The molecule has 0 saturated heterocycles. The first kappa shape index (κ1) is 19.3. The Kier molecular flexibility index (Phi) is 5.86. The summed E-state index contributed by atoms with van der Waals surface area (Å²) < 4.78 is 6.67. The molecule has 0 spiro atoms. The van der Waals surface area contributed by atoms with Gasteiger partial charge in [-0.2, -0.15) is 5.26 Å². The van der Waals surface area contributed by atoms with Gasteiger partial charge < -0.3 is 9.73 Å². The molecule has 7 nitrogen and oxygen atoms in total. The summed E-state index contributed by atoms with van der Waals surface area (Å²) in [5.74, 6) is 0.246. The first-order valence-electron chi connectivity index (χ1n) is 7.99. The minimum Gasteiger partial charge on any atom is -0.457 e. The SMILES string of the molecule is N#C/C(=C/c1ccc(-c2ccc([N+](=O)[O-])cc2)o1)C(=O)Nc1ccc(I)cc1. The highest BCUT2D eigenvalue weighted by atomic mass is 127. The molecule has 0 aliphatic rings. The lowest BCUT2D eigenvalue weighted by atomic mass is 10.1. The summed E-state index contributed by atoms with van der Waals surface area (Å²) in [6.07, 6.45) is 1.34.